The number of halogens is 3. The third-order valence-electron chi connectivity index (χ3n) is 3.43. The smallest absolute Gasteiger partial charge is 0.132 e. The quantitative estimate of drug-likeness (QED) is 0.905. The molecule has 1 aliphatic heterocycles. The van der Waals surface area contributed by atoms with Crippen molar-refractivity contribution in [2.24, 2.45) is 5.73 Å². The SMILES string of the molecule is NC(c1ccc2c(c1)CCO2)c1c(F)cc(Br)cc1F. The van der Waals surface area contributed by atoms with Gasteiger partial charge in [0, 0.05) is 16.5 Å². The van der Waals surface area contributed by atoms with Gasteiger partial charge >= 0.3 is 0 Å². The first-order valence-corrected chi connectivity index (χ1v) is 7.01. The van der Waals surface area contributed by atoms with Crippen LogP contribution in [0.4, 0.5) is 8.78 Å². The first kappa shape index (κ1) is 13.5. The molecule has 2 aromatic carbocycles. The molecule has 1 heterocycles. The van der Waals surface area contributed by atoms with Crippen molar-refractivity contribution in [2.75, 3.05) is 6.61 Å². The van der Waals surface area contributed by atoms with Gasteiger partial charge in [-0.2, -0.15) is 0 Å². The molecule has 0 aliphatic carbocycles. The van der Waals surface area contributed by atoms with Crippen LogP contribution in [0.3, 0.4) is 0 Å². The summed E-state index contributed by atoms with van der Waals surface area (Å²) in [6.07, 6.45) is 0.793. The highest BCUT2D eigenvalue weighted by Crippen LogP contribution is 2.32. The van der Waals surface area contributed by atoms with Crippen molar-refractivity contribution in [1.82, 2.24) is 0 Å². The summed E-state index contributed by atoms with van der Waals surface area (Å²) in [6, 6.07) is 6.99. The van der Waals surface area contributed by atoms with E-state index in [0.717, 1.165) is 17.7 Å². The molecule has 0 radical (unpaired) electrons. The average Bonchev–Trinajstić information content (AvgIpc) is 2.84. The number of ether oxygens (including phenoxy) is 1. The van der Waals surface area contributed by atoms with Crippen molar-refractivity contribution in [3.8, 4) is 5.75 Å². The monoisotopic (exact) mass is 339 g/mol. The Morgan fingerprint density at radius 1 is 1.15 bits per heavy atom. The lowest BCUT2D eigenvalue weighted by Gasteiger charge is -2.15. The minimum absolute atomic E-state index is 0.118. The second-order valence-corrected chi connectivity index (χ2v) is 5.64. The molecule has 20 heavy (non-hydrogen) atoms. The molecular weight excluding hydrogens is 328 g/mol. The summed E-state index contributed by atoms with van der Waals surface area (Å²) in [5.41, 5.74) is 7.61. The molecule has 0 saturated heterocycles. The van der Waals surface area contributed by atoms with Gasteiger partial charge in [-0.1, -0.05) is 28.1 Å². The van der Waals surface area contributed by atoms with Gasteiger partial charge in [0.05, 0.1) is 12.6 Å². The molecule has 0 fully saturated rings. The summed E-state index contributed by atoms with van der Waals surface area (Å²) in [5, 5.41) is 0. The molecule has 0 saturated carbocycles. The molecule has 2 nitrogen and oxygen atoms in total. The predicted octanol–water partition coefficient (Wildman–Crippen LogP) is 3.71. The maximum absolute atomic E-state index is 13.9. The van der Waals surface area contributed by atoms with Gasteiger partial charge in [-0.15, -0.1) is 0 Å². The van der Waals surface area contributed by atoms with Crippen LogP contribution in [0.15, 0.2) is 34.8 Å². The zero-order valence-corrected chi connectivity index (χ0v) is 12.1. The molecule has 104 valence electrons. The number of benzene rings is 2. The average molecular weight is 340 g/mol. The van der Waals surface area contributed by atoms with E-state index in [1.807, 2.05) is 6.07 Å². The van der Waals surface area contributed by atoms with E-state index in [-0.39, 0.29) is 5.56 Å². The Labute approximate surface area is 123 Å². The Morgan fingerprint density at radius 2 is 1.85 bits per heavy atom. The fourth-order valence-electron chi connectivity index (χ4n) is 2.42. The van der Waals surface area contributed by atoms with Crippen LogP contribution in [0.25, 0.3) is 0 Å². The Hall–Kier alpha value is -1.46. The molecular formula is C15H12BrF2NO. The molecule has 5 heteroatoms. The highest BCUT2D eigenvalue weighted by atomic mass is 79.9. The summed E-state index contributed by atoms with van der Waals surface area (Å²) in [7, 11) is 0. The molecule has 2 aromatic rings. The Morgan fingerprint density at radius 3 is 2.55 bits per heavy atom. The first-order chi connectivity index (χ1) is 9.56. The van der Waals surface area contributed by atoms with Crippen molar-refractivity contribution in [3.05, 3.63) is 63.1 Å². The van der Waals surface area contributed by atoms with Gasteiger partial charge in [0.1, 0.15) is 17.4 Å². The Bertz CT molecular complexity index is 652. The van der Waals surface area contributed by atoms with Gasteiger partial charge in [0.15, 0.2) is 0 Å². The van der Waals surface area contributed by atoms with Crippen LogP contribution in [0.5, 0.6) is 5.75 Å². The third-order valence-corrected chi connectivity index (χ3v) is 3.89. The van der Waals surface area contributed by atoms with Crippen LogP contribution in [0.2, 0.25) is 0 Å². The highest BCUT2D eigenvalue weighted by Gasteiger charge is 2.21. The Balaban J connectivity index is 2.03. The second-order valence-electron chi connectivity index (χ2n) is 4.73. The standard InChI is InChI=1S/C15H12BrF2NO/c16-10-6-11(17)14(12(18)7-10)15(19)9-1-2-13-8(5-9)3-4-20-13/h1-2,5-7,15H,3-4,19H2. The molecule has 0 aromatic heterocycles. The van der Waals surface area contributed by atoms with Crippen LogP contribution >= 0.6 is 15.9 Å². The van der Waals surface area contributed by atoms with Crippen LogP contribution in [-0.2, 0) is 6.42 Å². The number of rotatable bonds is 2. The van der Waals surface area contributed by atoms with Crippen molar-refractivity contribution >= 4 is 15.9 Å². The van der Waals surface area contributed by atoms with E-state index in [1.54, 1.807) is 12.1 Å². The number of nitrogens with two attached hydrogens (primary N) is 1. The van der Waals surface area contributed by atoms with E-state index in [4.69, 9.17) is 10.5 Å². The number of hydrogen-bond acceptors (Lipinski definition) is 2. The van der Waals surface area contributed by atoms with Crippen molar-refractivity contribution in [3.63, 3.8) is 0 Å². The third kappa shape index (κ3) is 2.31. The van der Waals surface area contributed by atoms with Gasteiger partial charge in [-0.3, -0.25) is 0 Å². The Kier molecular flexibility index (Phi) is 3.48. The lowest BCUT2D eigenvalue weighted by atomic mass is 9.96. The van der Waals surface area contributed by atoms with E-state index < -0.39 is 17.7 Å². The van der Waals surface area contributed by atoms with E-state index >= 15 is 0 Å². The maximum Gasteiger partial charge on any atom is 0.132 e. The summed E-state index contributed by atoms with van der Waals surface area (Å²) in [6.45, 7) is 0.634. The largest absolute Gasteiger partial charge is 0.493 e. The highest BCUT2D eigenvalue weighted by molar-refractivity contribution is 9.10. The van der Waals surface area contributed by atoms with Crippen molar-refractivity contribution < 1.29 is 13.5 Å². The summed E-state index contributed by atoms with van der Waals surface area (Å²) >= 11 is 3.06. The van der Waals surface area contributed by atoms with Crippen LogP contribution in [0, 0.1) is 11.6 Å². The molecule has 0 amide bonds. The number of hydrogen-bond donors (Lipinski definition) is 1. The lowest BCUT2D eigenvalue weighted by molar-refractivity contribution is 0.357. The fraction of sp³-hybridized carbons (Fsp3) is 0.200. The summed E-state index contributed by atoms with van der Waals surface area (Å²) in [4.78, 5) is 0. The zero-order valence-electron chi connectivity index (χ0n) is 10.5. The predicted molar refractivity (Wildman–Crippen MR) is 75.7 cm³/mol. The zero-order chi connectivity index (χ0) is 14.3. The van der Waals surface area contributed by atoms with Crippen LogP contribution in [-0.4, -0.2) is 6.61 Å². The van der Waals surface area contributed by atoms with Crippen molar-refractivity contribution in [2.45, 2.75) is 12.5 Å². The van der Waals surface area contributed by atoms with E-state index in [9.17, 15) is 8.78 Å². The molecule has 2 N–H and O–H groups in total. The van der Waals surface area contributed by atoms with Gasteiger partial charge in [0.25, 0.3) is 0 Å². The lowest BCUT2D eigenvalue weighted by Crippen LogP contribution is -2.16. The van der Waals surface area contributed by atoms with Crippen LogP contribution in [0.1, 0.15) is 22.7 Å². The normalized spacial score (nSPS) is 14.8. The maximum atomic E-state index is 13.9. The first-order valence-electron chi connectivity index (χ1n) is 6.22. The molecule has 1 atom stereocenters. The van der Waals surface area contributed by atoms with Gasteiger partial charge in [-0.05, 0) is 29.3 Å². The van der Waals surface area contributed by atoms with E-state index in [2.05, 4.69) is 15.9 Å². The molecule has 1 aliphatic rings. The molecule has 0 spiro atoms. The molecule has 3 rings (SSSR count). The molecule has 0 bridgehead atoms. The van der Waals surface area contributed by atoms with Gasteiger partial charge < -0.3 is 10.5 Å². The van der Waals surface area contributed by atoms with Gasteiger partial charge in [0.2, 0.25) is 0 Å². The van der Waals surface area contributed by atoms with E-state index in [0.29, 0.717) is 16.6 Å². The van der Waals surface area contributed by atoms with Crippen molar-refractivity contribution in [1.29, 1.82) is 0 Å². The fourth-order valence-corrected chi connectivity index (χ4v) is 2.82. The second kappa shape index (κ2) is 5.14. The number of fused-ring (bicyclic) bond motifs is 1. The van der Waals surface area contributed by atoms with Gasteiger partial charge in [-0.25, -0.2) is 8.78 Å². The van der Waals surface area contributed by atoms with Crippen LogP contribution < -0.4 is 10.5 Å². The van der Waals surface area contributed by atoms with E-state index in [1.165, 1.54) is 12.1 Å². The minimum atomic E-state index is -0.839. The summed E-state index contributed by atoms with van der Waals surface area (Å²) < 4.78 is 33.7. The topological polar surface area (TPSA) is 35.2 Å². The minimum Gasteiger partial charge on any atom is -0.493 e. The summed E-state index contributed by atoms with van der Waals surface area (Å²) in [5.74, 6) is -0.486. The molecule has 1 unspecified atom stereocenters.